The second-order valence-corrected chi connectivity index (χ2v) is 39.7. The first-order valence-electron chi connectivity index (χ1n) is 38.7. The van der Waals surface area contributed by atoms with Crippen LogP contribution in [0.5, 0.6) is 46.0 Å². The molecule has 0 saturated heterocycles. The van der Waals surface area contributed by atoms with Crippen LogP contribution in [0.1, 0.15) is 363 Å². The Hall–Kier alpha value is -7.84. The van der Waals surface area contributed by atoms with Gasteiger partial charge < -0.3 is 40.9 Å². The molecule has 16 bridgehead atoms. The molecule has 558 valence electrons. The second-order valence-electron chi connectivity index (χ2n) is 39.7. The van der Waals surface area contributed by atoms with Crippen LogP contribution < -0.4 is 0 Å². The van der Waals surface area contributed by atoms with E-state index in [9.17, 15) is 40.9 Å². The van der Waals surface area contributed by atoms with Crippen LogP contribution in [0.2, 0.25) is 0 Å². The minimum Gasteiger partial charge on any atom is -0.507 e. The lowest BCUT2D eigenvalue weighted by Gasteiger charge is -2.30. The Balaban J connectivity index is 1.04. The molecule has 0 atom stereocenters. The third kappa shape index (κ3) is 17.0. The number of phenolic OH excluding ortho intramolecular Hbond substituents is 8. The van der Waals surface area contributed by atoms with E-state index >= 15 is 0 Å². The SMILES string of the molecule is CC(C)(C)c1cc2c(O)c(c1)Cc1cc(C(C)(C)C)cc(c1O)C(CCCCCCCCC1c3cc(C(C)(C)C)cc(c3O)Cc3cc(C(C)(C)C)cc(c3O)Cc3cc(C(C)(C)C)cc(c3O)Cc3cc(C(C)(C)C)cc1c3O)c1cc(C(C)(C)C)cc(c1O)Cc1cc(C(C)(C)C)cc(c1O)C2. The predicted octanol–water partition coefficient (Wildman–Crippen LogP) is 24.0. The molecule has 0 fully saturated rings. The summed E-state index contributed by atoms with van der Waals surface area (Å²) in [5.74, 6) is 0.434. The number of hydrogen-bond donors (Lipinski definition) is 8. The fraction of sp³-hybridized carbons (Fsp3) is 0.500. The first-order valence-corrected chi connectivity index (χ1v) is 38.7. The largest absolute Gasteiger partial charge is 0.507 e. The molecule has 8 aromatic rings. The molecular formula is C96H126O8. The summed E-state index contributed by atoms with van der Waals surface area (Å²) >= 11 is 0. The maximum Gasteiger partial charge on any atom is 0.122 e. The van der Waals surface area contributed by atoms with Gasteiger partial charge in [-0.25, -0.2) is 0 Å². The van der Waals surface area contributed by atoms with Crippen LogP contribution in [0.4, 0.5) is 0 Å². The van der Waals surface area contributed by atoms with Gasteiger partial charge in [0, 0.05) is 72.6 Å². The lowest BCUT2D eigenvalue weighted by Crippen LogP contribution is -2.17. The Labute approximate surface area is 625 Å². The van der Waals surface area contributed by atoms with Crippen LogP contribution in [0.25, 0.3) is 0 Å². The van der Waals surface area contributed by atoms with E-state index in [-0.39, 0.29) is 128 Å². The Morgan fingerprint density at radius 1 is 0.192 bits per heavy atom. The van der Waals surface area contributed by atoms with E-state index in [0.29, 0.717) is 79.6 Å². The van der Waals surface area contributed by atoms with Gasteiger partial charge in [0.15, 0.2) is 0 Å². The van der Waals surface area contributed by atoms with Gasteiger partial charge in [-0.15, -0.1) is 0 Å². The number of fused-ring (bicyclic) bond motifs is 16. The fourth-order valence-electron chi connectivity index (χ4n) is 15.7. The van der Waals surface area contributed by atoms with Gasteiger partial charge in [-0.3, -0.25) is 0 Å². The van der Waals surface area contributed by atoms with Gasteiger partial charge in [0.05, 0.1) is 0 Å². The van der Waals surface area contributed by atoms with Crippen molar-refractivity contribution in [3.8, 4) is 46.0 Å². The predicted molar refractivity (Wildman–Crippen MR) is 432 cm³/mol. The summed E-state index contributed by atoms with van der Waals surface area (Å²) < 4.78 is 0. The average molecular weight is 1410 g/mol. The lowest BCUT2D eigenvalue weighted by molar-refractivity contribution is 0.434. The molecule has 10 rings (SSSR count). The summed E-state index contributed by atoms with van der Waals surface area (Å²) in [6, 6.07) is 33.8. The van der Waals surface area contributed by atoms with Crippen molar-refractivity contribution in [2.24, 2.45) is 0 Å². The van der Waals surface area contributed by atoms with E-state index in [0.717, 1.165) is 105 Å². The summed E-state index contributed by atoms with van der Waals surface area (Å²) in [5, 5.41) is 103. The number of aromatic hydroxyl groups is 8. The Morgan fingerprint density at radius 3 is 0.462 bits per heavy atom. The molecule has 0 heterocycles. The molecule has 8 aromatic carbocycles. The molecule has 8 heteroatoms. The van der Waals surface area contributed by atoms with E-state index in [4.69, 9.17) is 0 Å². The molecule has 0 saturated carbocycles. The molecule has 0 aliphatic heterocycles. The van der Waals surface area contributed by atoms with Crippen LogP contribution in [-0.4, -0.2) is 40.9 Å². The quantitative estimate of drug-likeness (QED) is 0.0663. The standard InChI is InChI=1S/C96H126O8/c1-89(2,3)67-39-55-33-56-40-68(90(4,5)6)44-60(82(56)98)36-64-48-72(94(16,17)18)52-78(86(64)102)75(77-51-71(93(13,14)15)47-63(85(77)101)35-59(43-67)81(55)97)31-29-27-25-26-28-30-32-76-79-53-73(95(19,20)21)49-65(87(79)103)37-61-45-69(91(7,8)9)41-57(83(61)99)34-58-42-70(92(10,11)12)46-62(84(58)100)38-66-50-74(96(22,23)24)54-80(76)88(66)104/h39-54,75-76,97-104H,25-38H2,1-24H3. The molecule has 0 unspecified atom stereocenters. The highest BCUT2D eigenvalue weighted by Gasteiger charge is 2.35. The van der Waals surface area contributed by atoms with Crippen molar-refractivity contribution >= 4 is 0 Å². The molecule has 0 amide bonds. The minimum atomic E-state index is -0.437. The molecule has 8 N–H and O–H groups in total. The van der Waals surface area contributed by atoms with Crippen LogP contribution in [0, 0.1) is 0 Å². The smallest absolute Gasteiger partial charge is 0.122 e. The van der Waals surface area contributed by atoms with Crippen molar-refractivity contribution in [3.63, 3.8) is 0 Å². The second kappa shape index (κ2) is 28.5. The molecule has 0 aromatic heterocycles. The highest BCUT2D eigenvalue weighted by Crippen LogP contribution is 2.52. The zero-order valence-corrected chi connectivity index (χ0v) is 67.9. The topological polar surface area (TPSA) is 162 Å². The Morgan fingerprint density at radius 2 is 0.317 bits per heavy atom. The molecule has 0 spiro atoms. The van der Waals surface area contributed by atoms with E-state index in [2.05, 4.69) is 263 Å². The summed E-state index contributed by atoms with van der Waals surface area (Å²) in [7, 11) is 0. The van der Waals surface area contributed by atoms with Crippen molar-refractivity contribution in [2.75, 3.05) is 0 Å². The van der Waals surface area contributed by atoms with E-state index in [1.165, 1.54) is 0 Å². The summed E-state index contributed by atoms with van der Waals surface area (Å²) in [4.78, 5) is 0. The van der Waals surface area contributed by atoms with Gasteiger partial charge in [0.1, 0.15) is 46.0 Å². The fourth-order valence-corrected chi connectivity index (χ4v) is 15.7. The summed E-state index contributed by atoms with van der Waals surface area (Å²) in [6.45, 7) is 52.5. The van der Waals surface area contributed by atoms with Crippen molar-refractivity contribution in [1.29, 1.82) is 0 Å². The normalized spacial score (nSPS) is 14.7. The van der Waals surface area contributed by atoms with Crippen molar-refractivity contribution < 1.29 is 40.9 Å². The number of unbranched alkanes of at least 4 members (excludes halogenated alkanes) is 5. The molecular weight excluding hydrogens is 1280 g/mol. The zero-order chi connectivity index (χ0) is 76.8. The first-order chi connectivity index (χ1) is 47.9. The molecule has 0 radical (unpaired) electrons. The summed E-state index contributed by atoms with van der Waals surface area (Å²) in [6.07, 6.45) is 8.09. The van der Waals surface area contributed by atoms with Gasteiger partial charge in [-0.2, -0.15) is 0 Å². The van der Waals surface area contributed by atoms with Gasteiger partial charge in [0.25, 0.3) is 0 Å². The van der Waals surface area contributed by atoms with Gasteiger partial charge >= 0.3 is 0 Å². The molecule has 104 heavy (non-hydrogen) atoms. The Bertz CT molecular complexity index is 3980. The van der Waals surface area contributed by atoms with Crippen LogP contribution in [0.3, 0.4) is 0 Å². The van der Waals surface area contributed by atoms with Crippen LogP contribution in [-0.2, 0) is 81.8 Å². The summed E-state index contributed by atoms with van der Waals surface area (Å²) in [5.41, 5.74) is 17.4. The van der Waals surface area contributed by atoms with E-state index < -0.39 is 11.8 Å². The highest BCUT2D eigenvalue weighted by atomic mass is 16.3. The van der Waals surface area contributed by atoms with Crippen LogP contribution >= 0.6 is 0 Å². The van der Waals surface area contributed by atoms with Gasteiger partial charge in [-0.05, 0) is 167 Å². The lowest BCUT2D eigenvalue weighted by atomic mass is 9.75. The Kier molecular flexibility index (Phi) is 21.6. The average Bonchev–Trinajstić information content (AvgIpc) is 0.755. The van der Waals surface area contributed by atoms with Crippen molar-refractivity contribution in [1.82, 2.24) is 0 Å². The minimum absolute atomic E-state index is 0.158. The maximum atomic E-state index is 13.1. The molecule has 8 nitrogen and oxygen atoms in total. The zero-order valence-electron chi connectivity index (χ0n) is 67.9. The monoisotopic (exact) mass is 1410 g/mol. The first kappa shape index (κ1) is 78.7. The highest BCUT2D eigenvalue weighted by molar-refractivity contribution is 5.64. The maximum absolute atomic E-state index is 13.1. The molecule has 2 aliphatic carbocycles. The van der Waals surface area contributed by atoms with E-state index in [1.807, 2.05) is 0 Å². The number of hydrogen-bond acceptors (Lipinski definition) is 8. The van der Waals surface area contributed by atoms with Crippen molar-refractivity contribution in [2.45, 2.75) is 311 Å². The van der Waals surface area contributed by atoms with Gasteiger partial charge in [-0.1, -0.05) is 302 Å². The number of rotatable bonds is 9. The number of benzene rings is 8. The van der Waals surface area contributed by atoms with Crippen molar-refractivity contribution in [3.05, 3.63) is 231 Å². The number of phenols is 8. The molecule has 2 aliphatic rings. The third-order valence-electron chi connectivity index (χ3n) is 22.9. The van der Waals surface area contributed by atoms with Crippen LogP contribution in [0.15, 0.2) is 97.1 Å². The van der Waals surface area contributed by atoms with Gasteiger partial charge in [0.2, 0.25) is 0 Å². The third-order valence-corrected chi connectivity index (χ3v) is 22.9. The van der Waals surface area contributed by atoms with E-state index in [1.54, 1.807) is 0 Å².